The van der Waals surface area contributed by atoms with Crippen molar-refractivity contribution in [3.8, 4) is 0 Å². The zero-order valence-corrected chi connectivity index (χ0v) is 22.8. The lowest BCUT2D eigenvalue weighted by atomic mass is 9.43. The monoisotopic (exact) mass is 530 g/mol. The van der Waals surface area contributed by atoms with Crippen LogP contribution in [0, 0.1) is 23.1 Å². The highest BCUT2D eigenvalue weighted by Crippen LogP contribution is 2.65. The number of aryl methyl sites for hydroxylation is 1. The molecule has 1 aliphatic heterocycles. The van der Waals surface area contributed by atoms with Crippen LogP contribution in [0.3, 0.4) is 0 Å². The van der Waals surface area contributed by atoms with Crippen molar-refractivity contribution < 1.29 is 18.5 Å². The molecule has 7 rings (SSSR count). The van der Waals surface area contributed by atoms with Crippen LogP contribution >= 0.6 is 11.8 Å². The maximum atomic E-state index is 13.1. The van der Waals surface area contributed by atoms with Crippen LogP contribution in [0.1, 0.15) is 49.5 Å². The summed E-state index contributed by atoms with van der Waals surface area (Å²) in [4.78, 5) is 16.9. The summed E-state index contributed by atoms with van der Waals surface area (Å²) in [7, 11) is -0.321. The molecule has 4 aliphatic rings. The number of hydrogen-bond acceptors (Lipinski definition) is 5. The Morgan fingerprint density at radius 2 is 1.89 bits per heavy atom. The summed E-state index contributed by atoms with van der Waals surface area (Å²) in [5, 5.41) is 3.61. The number of thioether (sulfide) groups is 1. The zero-order valence-electron chi connectivity index (χ0n) is 21.9. The van der Waals surface area contributed by atoms with E-state index in [1.807, 2.05) is 6.07 Å². The van der Waals surface area contributed by atoms with E-state index in [9.17, 15) is 9.18 Å². The number of carbonyl (C=O) groups is 1. The van der Waals surface area contributed by atoms with Gasteiger partial charge in [0, 0.05) is 17.6 Å². The van der Waals surface area contributed by atoms with Gasteiger partial charge < -0.3 is 14.6 Å². The van der Waals surface area contributed by atoms with Crippen molar-refractivity contribution in [2.24, 2.45) is 17.3 Å². The molecule has 2 aromatic carbocycles. The topological polar surface area (TPSA) is 60.5 Å². The molecule has 0 spiro atoms. The van der Waals surface area contributed by atoms with Gasteiger partial charge in [0.25, 0.3) is 5.91 Å². The lowest BCUT2D eigenvalue weighted by molar-refractivity contribution is -0.199. The molecular formula is C30H32BFN2O3S. The molecule has 1 N–H and O–H groups in total. The smallest absolute Gasteiger partial charge is 0.401 e. The van der Waals surface area contributed by atoms with E-state index in [2.05, 4.69) is 55.3 Å². The minimum absolute atomic E-state index is 0.162. The Balaban J connectivity index is 1.06. The van der Waals surface area contributed by atoms with Crippen molar-refractivity contribution in [1.29, 1.82) is 0 Å². The first kappa shape index (κ1) is 25.6. The molecule has 1 amide bonds. The molecule has 4 atom stereocenters. The van der Waals surface area contributed by atoms with Crippen LogP contribution < -0.4 is 10.8 Å². The van der Waals surface area contributed by atoms with E-state index in [1.165, 1.54) is 36.2 Å². The summed E-state index contributed by atoms with van der Waals surface area (Å²) in [5.74, 6) is 1.49. The molecular weight excluding hydrogens is 498 g/mol. The van der Waals surface area contributed by atoms with Crippen LogP contribution in [-0.4, -0.2) is 35.5 Å². The molecule has 8 heteroatoms. The van der Waals surface area contributed by atoms with Crippen LogP contribution in [0.15, 0.2) is 71.9 Å². The van der Waals surface area contributed by atoms with Gasteiger partial charge in [-0.05, 0) is 90.9 Å². The van der Waals surface area contributed by atoms with Gasteiger partial charge in [-0.2, -0.15) is 0 Å². The fourth-order valence-electron chi connectivity index (χ4n) is 6.59. The number of aromatic nitrogens is 1. The predicted octanol–water partition coefficient (Wildman–Crippen LogP) is 5.74. The van der Waals surface area contributed by atoms with Crippen LogP contribution in [0.4, 0.5) is 10.1 Å². The van der Waals surface area contributed by atoms with Gasteiger partial charge in [-0.1, -0.05) is 38.1 Å². The second kappa shape index (κ2) is 9.81. The van der Waals surface area contributed by atoms with Crippen LogP contribution in [0.2, 0.25) is 0 Å². The highest BCUT2D eigenvalue weighted by atomic mass is 32.2. The highest BCUT2D eigenvalue weighted by Gasteiger charge is 2.68. The fourth-order valence-corrected chi connectivity index (χ4v) is 7.42. The molecule has 3 aromatic rings. The summed E-state index contributed by atoms with van der Waals surface area (Å²) in [6, 6.07) is 17.7. The summed E-state index contributed by atoms with van der Waals surface area (Å²) < 4.78 is 26.3. The van der Waals surface area contributed by atoms with Gasteiger partial charge in [-0.3, -0.25) is 4.79 Å². The summed E-state index contributed by atoms with van der Waals surface area (Å²) in [5.41, 5.74) is 3.45. The molecule has 1 saturated heterocycles. The Morgan fingerprint density at radius 3 is 2.63 bits per heavy atom. The Morgan fingerprint density at radius 1 is 1.11 bits per heavy atom. The molecule has 4 unspecified atom stereocenters. The van der Waals surface area contributed by atoms with E-state index in [-0.39, 0.29) is 30.5 Å². The van der Waals surface area contributed by atoms with Gasteiger partial charge in [0.15, 0.2) is 0 Å². The molecule has 38 heavy (non-hydrogen) atoms. The number of nitrogens with one attached hydrogen (secondary N) is 1. The summed E-state index contributed by atoms with van der Waals surface area (Å²) >= 11 is 1.65. The largest absolute Gasteiger partial charge is 0.494 e. The standard InChI is InChI=1S/C30H32BFN2O3S/c1-29(2)21-16-25(29)30(3)26(17-21)36-31(37-30)24-7-5-4-6-19(24)14-15-38-27-13-8-20(18-33-27)28(35)34-23-11-9-22(32)10-12-23/h4-13,18,21,25-26H,14-17H2,1-3H3,(H,34,35). The molecule has 1 aromatic heterocycles. The quantitative estimate of drug-likeness (QED) is 0.312. The third-order valence-electron chi connectivity index (χ3n) is 8.98. The second-order valence-electron chi connectivity index (χ2n) is 11.4. The number of halogens is 1. The number of amides is 1. The average molecular weight is 530 g/mol. The summed E-state index contributed by atoms with van der Waals surface area (Å²) in [6.45, 7) is 7.02. The number of carbonyl (C=O) groups excluding carboxylic acids is 1. The molecule has 3 aliphatic carbocycles. The van der Waals surface area contributed by atoms with E-state index < -0.39 is 0 Å². The van der Waals surface area contributed by atoms with Crippen LogP contribution in [0.5, 0.6) is 0 Å². The number of anilines is 1. The lowest BCUT2D eigenvalue weighted by Gasteiger charge is -2.64. The first-order valence-electron chi connectivity index (χ1n) is 13.3. The number of pyridine rings is 1. The molecule has 2 heterocycles. The van der Waals surface area contributed by atoms with Crippen molar-refractivity contribution in [1.82, 2.24) is 4.98 Å². The molecule has 4 fully saturated rings. The maximum absolute atomic E-state index is 13.1. The Hall–Kier alpha value is -2.68. The van der Waals surface area contributed by atoms with Crippen molar-refractivity contribution in [2.45, 2.75) is 56.8 Å². The second-order valence-corrected chi connectivity index (χ2v) is 12.6. The normalized spacial score (nSPS) is 26.9. The van der Waals surface area contributed by atoms with E-state index in [0.717, 1.165) is 35.0 Å². The highest BCUT2D eigenvalue weighted by molar-refractivity contribution is 7.99. The van der Waals surface area contributed by atoms with Crippen molar-refractivity contribution >= 4 is 35.9 Å². The predicted molar refractivity (Wildman–Crippen MR) is 149 cm³/mol. The van der Waals surface area contributed by atoms with Gasteiger partial charge in [0.05, 0.1) is 22.3 Å². The number of nitrogens with zero attached hydrogens (tertiary/aromatic N) is 1. The van der Waals surface area contributed by atoms with Gasteiger partial charge in [-0.15, -0.1) is 11.8 Å². The lowest BCUT2D eigenvalue weighted by Crippen LogP contribution is -2.65. The van der Waals surface area contributed by atoms with E-state index in [0.29, 0.717) is 22.6 Å². The molecule has 2 bridgehead atoms. The maximum Gasteiger partial charge on any atom is 0.494 e. The van der Waals surface area contributed by atoms with Crippen LogP contribution in [0.25, 0.3) is 0 Å². The van der Waals surface area contributed by atoms with Gasteiger partial charge in [0.1, 0.15) is 5.82 Å². The Kier molecular flexibility index (Phi) is 6.61. The average Bonchev–Trinajstić information content (AvgIpc) is 3.27. The SMILES string of the molecule is CC1(C)C2CC3OB(c4ccccc4CCSc4ccc(C(=O)Nc5ccc(F)cc5)cn4)OC3(C)C1C2. The molecule has 5 nitrogen and oxygen atoms in total. The van der Waals surface area contributed by atoms with Gasteiger partial charge in [-0.25, -0.2) is 9.37 Å². The third-order valence-corrected chi connectivity index (χ3v) is 9.93. The van der Waals surface area contributed by atoms with Gasteiger partial charge >= 0.3 is 7.12 Å². The molecule has 3 saturated carbocycles. The van der Waals surface area contributed by atoms with Crippen molar-refractivity contribution in [2.75, 3.05) is 11.1 Å². The summed E-state index contributed by atoms with van der Waals surface area (Å²) in [6.07, 6.45) is 4.92. The Bertz CT molecular complexity index is 1340. The fraction of sp³-hybridized carbons (Fsp3) is 0.400. The van der Waals surface area contributed by atoms with E-state index in [4.69, 9.17) is 9.31 Å². The van der Waals surface area contributed by atoms with Gasteiger partial charge in [0.2, 0.25) is 0 Å². The first-order valence-corrected chi connectivity index (χ1v) is 14.3. The minimum atomic E-state index is -0.343. The van der Waals surface area contributed by atoms with Crippen molar-refractivity contribution in [3.63, 3.8) is 0 Å². The van der Waals surface area contributed by atoms with E-state index >= 15 is 0 Å². The first-order chi connectivity index (χ1) is 18.2. The number of rotatable bonds is 7. The zero-order chi connectivity index (χ0) is 26.5. The Labute approximate surface area is 228 Å². The van der Waals surface area contributed by atoms with Crippen LogP contribution in [-0.2, 0) is 15.7 Å². The van der Waals surface area contributed by atoms with Crippen molar-refractivity contribution in [3.05, 3.63) is 83.8 Å². The number of hydrogen-bond donors (Lipinski definition) is 1. The molecule has 196 valence electrons. The molecule has 0 radical (unpaired) electrons. The number of benzene rings is 2. The van der Waals surface area contributed by atoms with E-state index in [1.54, 1.807) is 24.0 Å². The third kappa shape index (κ3) is 4.57. The minimum Gasteiger partial charge on any atom is -0.401 e.